The van der Waals surface area contributed by atoms with E-state index < -0.39 is 0 Å². The fourth-order valence-electron chi connectivity index (χ4n) is 7.09. The van der Waals surface area contributed by atoms with Crippen molar-refractivity contribution in [3.05, 3.63) is 182 Å². The molecule has 3 nitrogen and oxygen atoms in total. The molecule has 3 heteroatoms. The molecule has 0 saturated carbocycles. The Bertz CT molecular complexity index is 2570. The third kappa shape index (κ3) is 5.59. The van der Waals surface area contributed by atoms with Crippen molar-refractivity contribution in [1.82, 2.24) is 15.0 Å². The minimum atomic E-state index is 0.679. The van der Waals surface area contributed by atoms with Gasteiger partial charge in [0.1, 0.15) is 0 Å². The van der Waals surface area contributed by atoms with Crippen LogP contribution in [-0.4, -0.2) is 15.0 Å². The fourth-order valence-corrected chi connectivity index (χ4v) is 7.09. The lowest BCUT2D eigenvalue weighted by atomic mass is 9.89. The Morgan fingerprint density at radius 1 is 0.420 bits per heavy atom. The van der Waals surface area contributed by atoms with Crippen LogP contribution in [0.2, 0.25) is 0 Å². The summed E-state index contributed by atoms with van der Waals surface area (Å²) in [6, 6.07) is 55.2. The van der Waals surface area contributed by atoms with Gasteiger partial charge in [0.05, 0.1) is 22.6 Å². The molecule has 50 heavy (non-hydrogen) atoms. The summed E-state index contributed by atoms with van der Waals surface area (Å²) >= 11 is 0. The third-order valence-corrected chi connectivity index (χ3v) is 9.55. The van der Waals surface area contributed by atoms with E-state index in [0.29, 0.717) is 5.82 Å². The number of fused-ring (bicyclic) bond motifs is 3. The van der Waals surface area contributed by atoms with Gasteiger partial charge in [0, 0.05) is 27.6 Å². The predicted molar refractivity (Wildman–Crippen MR) is 208 cm³/mol. The molecular weight excluding hydrogens is 607 g/mol. The second kappa shape index (κ2) is 12.9. The first-order valence-electron chi connectivity index (χ1n) is 17.2. The van der Waals surface area contributed by atoms with Crippen LogP contribution in [-0.2, 0) is 0 Å². The number of pyridine rings is 1. The Balaban J connectivity index is 1.31. The Morgan fingerprint density at radius 3 is 1.68 bits per heavy atom. The number of hydrogen-bond acceptors (Lipinski definition) is 3. The molecule has 2 heterocycles. The first-order valence-corrected chi connectivity index (χ1v) is 17.2. The van der Waals surface area contributed by atoms with Gasteiger partial charge < -0.3 is 0 Å². The van der Waals surface area contributed by atoms with Crippen LogP contribution in [0.1, 0.15) is 18.4 Å². The third-order valence-electron chi connectivity index (χ3n) is 9.55. The number of aromatic nitrogens is 3. The number of rotatable bonds is 6. The van der Waals surface area contributed by atoms with Crippen molar-refractivity contribution < 1.29 is 0 Å². The SMILES string of the molecule is C1=CCCC(c2cc(-c3ccccc3)nc3cc(-c4nc(-c5ccccc5)cc(-c5cccc(-c6ccccc6)c5)n4)c4ccccc4c23)=C1. The number of nitrogens with zero attached hydrogens (tertiary/aromatic N) is 3. The quantitative estimate of drug-likeness (QED) is 0.170. The monoisotopic (exact) mass is 639 g/mol. The molecule has 9 rings (SSSR count). The number of hydrogen-bond donors (Lipinski definition) is 0. The molecular formula is C47H33N3. The molecule has 0 saturated heterocycles. The summed E-state index contributed by atoms with van der Waals surface area (Å²) in [4.78, 5) is 15.9. The summed E-state index contributed by atoms with van der Waals surface area (Å²) in [6.45, 7) is 0. The van der Waals surface area contributed by atoms with Gasteiger partial charge in [-0.1, -0.05) is 152 Å². The maximum Gasteiger partial charge on any atom is 0.161 e. The van der Waals surface area contributed by atoms with Gasteiger partial charge in [-0.3, -0.25) is 0 Å². The maximum atomic E-state index is 5.34. The van der Waals surface area contributed by atoms with Crippen LogP contribution >= 0.6 is 0 Å². The van der Waals surface area contributed by atoms with Gasteiger partial charge in [0.25, 0.3) is 0 Å². The second-order valence-corrected chi connectivity index (χ2v) is 12.7. The molecule has 8 aromatic rings. The highest BCUT2D eigenvalue weighted by Gasteiger charge is 2.20. The van der Waals surface area contributed by atoms with Crippen molar-refractivity contribution in [3.8, 4) is 56.3 Å². The average molecular weight is 640 g/mol. The molecule has 0 atom stereocenters. The second-order valence-electron chi connectivity index (χ2n) is 12.7. The summed E-state index contributed by atoms with van der Waals surface area (Å²) in [5, 5.41) is 3.43. The molecule has 1 aliphatic rings. The van der Waals surface area contributed by atoms with Crippen LogP contribution in [0.4, 0.5) is 0 Å². The summed E-state index contributed by atoms with van der Waals surface area (Å²) in [5.41, 5.74) is 12.7. The van der Waals surface area contributed by atoms with Crippen LogP contribution in [0.3, 0.4) is 0 Å². The Labute approximate surface area is 292 Å². The molecule has 0 unspecified atom stereocenters. The molecule has 0 amide bonds. The lowest BCUT2D eigenvalue weighted by Crippen LogP contribution is -1.99. The van der Waals surface area contributed by atoms with Crippen LogP contribution < -0.4 is 0 Å². The van der Waals surface area contributed by atoms with Gasteiger partial charge in [-0.05, 0) is 70.1 Å². The standard InChI is InChI=1S/C47H33N3/c1-5-16-32(17-6-1)36-24-15-25-37(28-36)44-31-43(35-22-11-4-12-23-35)49-47(50-44)41-30-45-46(39-27-14-13-26-38(39)41)40(33-18-7-2-8-19-33)29-42(48-45)34-20-9-3-10-21-34/h1-7,9-18,20-31H,8,19H2. The lowest BCUT2D eigenvalue weighted by Gasteiger charge is -2.18. The fraction of sp³-hybridized carbons (Fsp3) is 0.0426. The highest BCUT2D eigenvalue weighted by Crippen LogP contribution is 2.41. The zero-order chi connectivity index (χ0) is 33.3. The zero-order valence-electron chi connectivity index (χ0n) is 27.5. The van der Waals surface area contributed by atoms with Gasteiger partial charge in [-0.15, -0.1) is 0 Å². The number of allylic oxidation sites excluding steroid dienone is 4. The van der Waals surface area contributed by atoms with Crippen molar-refractivity contribution in [1.29, 1.82) is 0 Å². The molecule has 0 aliphatic heterocycles. The Morgan fingerprint density at radius 2 is 1.00 bits per heavy atom. The van der Waals surface area contributed by atoms with Crippen molar-refractivity contribution in [3.63, 3.8) is 0 Å². The van der Waals surface area contributed by atoms with E-state index in [1.54, 1.807) is 0 Å². The normalized spacial score (nSPS) is 12.7. The smallest absolute Gasteiger partial charge is 0.161 e. The molecule has 2 aromatic heterocycles. The number of benzene rings is 6. The minimum absolute atomic E-state index is 0.679. The van der Waals surface area contributed by atoms with E-state index in [-0.39, 0.29) is 0 Å². The minimum Gasteiger partial charge on any atom is -0.248 e. The predicted octanol–water partition coefficient (Wildman–Crippen LogP) is 12.2. The van der Waals surface area contributed by atoms with Crippen molar-refractivity contribution in [2.45, 2.75) is 12.8 Å². The Hall–Kier alpha value is -6.45. The molecule has 0 radical (unpaired) electrons. The van der Waals surface area contributed by atoms with Gasteiger partial charge >= 0.3 is 0 Å². The molecule has 0 N–H and O–H groups in total. The van der Waals surface area contributed by atoms with E-state index in [0.717, 1.165) is 74.0 Å². The van der Waals surface area contributed by atoms with Gasteiger partial charge in [-0.2, -0.15) is 0 Å². The van der Waals surface area contributed by atoms with E-state index in [4.69, 9.17) is 15.0 Å². The van der Waals surface area contributed by atoms with E-state index in [1.807, 2.05) is 12.1 Å². The largest absolute Gasteiger partial charge is 0.248 e. The molecule has 236 valence electrons. The van der Waals surface area contributed by atoms with E-state index in [2.05, 4.69) is 164 Å². The van der Waals surface area contributed by atoms with Crippen LogP contribution in [0.25, 0.3) is 83.5 Å². The summed E-state index contributed by atoms with van der Waals surface area (Å²) in [5.74, 6) is 0.679. The summed E-state index contributed by atoms with van der Waals surface area (Å²) in [6.07, 6.45) is 8.71. The van der Waals surface area contributed by atoms with Crippen molar-refractivity contribution in [2.75, 3.05) is 0 Å². The summed E-state index contributed by atoms with van der Waals surface area (Å²) in [7, 11) is 0. The van der Waals surface area contributed by atoms with Crippen LogP contribution in [0, 0.1) is 0 Å². The molecule has 0 bridgehead atoms. The molecule has 0 spiro atoms. The molecule has 1 aliphatic carbocycles. The van der Waals surface area contributed by atoms with E-state index in [9.17, 15) is 0 Å². The molecule has 0 fully saturated rings. The van der Waals surface area contributed by atoms with Gasteiger partial charge in [-0.25, -0.2) is 15.0 Å². The van der Waals surface area contributed by atoms with E-state index in [1.165, 1.54) is 22.1 Å². The van der Waals surface area contributed by atoms with Crippen LogP contribution in [0.5, 0.6) is 0 Å². The Kier molecular flexibility index (Phi) is 7.64. The average Bonchev–Trinajstić information content (AvgIpc) is 3.21. The van der Waals surface area contributed by atoms with Crippen molar-refractivity contribution >= 4 is 27.2 Å². The zero-order valence-corrected chi connectivity index (χ0v) is 27.5. The van der Waals surface area contributed by atoms with Crippen molar-refractivity contribution in [2.24, 2.45) is 0 Å². The highest BCUT2D eigenvalue weighted by molar-refractivity contribution is 6.16. The first-order chi connectivity index (χ1) is 24.8. The topological polar surface area (TPSA) is 38.7 Å². The maximum absolute atomic E-state index is 5.34. The highest BCUT2D eigenvalue weighted by atomic mass is 14.9. The van der Waals surface area contributed by atoms with E-state index >= 15 is 0 Å². The van der Waals surface area contributed by atoms with Gasteiger partial charge in [0.15, 0.2) is 5.82 Å². The first kappa shape index (κ1) is 29.7. The van der Waals surface area contributed by atoms with Gasteiger partial charge in [0.2, 0.25) is 0 Å². The van der Waals surface area contributed by atoms with Crippen LogP contribution in [0.15, 0.2) is 176 Å². The summed E-state index contributed by atoms with van der Waals surface area (Å²) < 4.78 is 0. The molecule has 6 aromatic carbocycles. The lowest BCUT2D eigenvalue weighted by molar-refractivity contribution is 1.06.